The smallest absolute Gasteiger partial charge is 0.408 e. The number of carbonyl (C=O) groups is 2. The molecule has 0 radical (unpaired) electrons. The highest BCUT2D eigenvalue weighted by atomic mass is 16.6. The molecule has 8 heteroatoms. The minimum absolute atomic E-state index is 0.250. The minimum Gasteiger partial charge on any atom is -0.467 e. The first-order valence-corrected chi connectivity index (χ1v) is 5.88. The van der Waals surface area contributed by atoms with Crippen LogP contribution in [0.2, 0.25) is 0 Å². The van der Waals surface area contributed by atoms with Crippen LogP contribution in [0, 0.1) is 0 Å². The number of hydrogen-bond acceptors (Lipinski definition) is 5. The molecule has 0 saturated carbocycles. The van der Waals surface area contributed by atoms with E-state index >= 15 is 0 Å². The molecule has 0 aliphatic rings. The number of nitrogens with one attached hydrogen (secondary N) is 1. The lowest BCUT2D eigenvalue weighted by atomic mass is 10.1. The SMILES string of the molecule is COC(=O)[C@H](CCCN=[N+]=[N-])NC(=O)OC(C)(C)C. The normalized spacial score (nSPS) is 12.0. The third kappa shape index (κ3) is 8.73. The van der Waals surface area contributed by atoms with E-state index in [1.54, 1.807) is 20.8 Å². The number of carbonyl (C=O) groups excluding carboxylic acids is 2. The molecule has 19 heavy (non-hydrogen) atoms. The van der Waals surface area contributed by atoms with E-state index in [9.17, 15) is 9.59 Å². The second-order valence-electron chi connectivity index (χ2n) is 4.82. The molecule has 0 unspecified atom stereocenters. The molecule has 0 rings (SSSR count). The number of hydrogen-bond donors (Lipinski definition) is 1. The van der Waals surface area contributed by atoms with Crippen LogP contribution < -0.4 is 5.32 Å². The van der Waals surface area contributed by atoms with Gasteiger partial charge in [0.25, 0.3) is 0 Å². The third-order valence-electron chi connectivity index (χ3n) is 1.99. The van der Waals surface area contributed by atoms with Gasteiger partial charge in [0.2, 0.25) is 0 Å². The van der Waals surface area contributed by atoms with Crippen molar-refractivity contribution in [2.75, 3.05) is 13.7 Å². The highest BCUT2D eigenvalue weighted by molar-refractivity contribution is 5.81. The zero-order valence-electron chi connectivity index (χ0n) is 11.7. The summed E-state index contributed by atoms with van der Waals surface area (Å²) in [5, 5.41) is 5.78. The Kier molecular flexibility index (Phi) is 7.36. The summed E-state index contributed by atoms with van der Waals surface area (Å²) < 4.78 is 9.64. The fourth-order valence-corrected chi connectivity index (χ4v) is 1.25. The lowest BCUT2D eigenvalue weighted by Crippen LogP contribution is -2.44. The lowest BCUT2D eigenvalue weighted by molar-refractivity contribution is -0.143. The van der Waals surface area contributed by atoms with Gasteiger partial charge in [0.15, 0.2) is 0 Å². The van der Waals surface area contributed by atoms with Crippen LogP contribution in [0.3, 0.4) is 0 Å². The van der Waals surface area contributed by atoms with Gasteiger partial charge in [-0.3, -0.25) is 0 Å². The highest BCUT2D eigenvalue weighted by Gasteiger charge is 2.24. The van der Waals surface area contributed by atoms with Crippen molar-refractivity contribution in [3.8, 4) is 0 Å². The van der Waals surface area contributed by atoms with Gasteiger partial charge in [-0.1, -0.05) is 5.11 Å². The van der Waals surface area contributed by atoms with Gasteiger partial charge in [0.1, 0.15) is 11.6 Å². The van der Waals surface area contributed by atoms with Crippen molar-refractivity contribution < 1.29 is 19.1 Å². The number of nitrogens with zero attached hydrogens (tertiary/aromatic N) is 3. The van der Waals surface area contributed by atoms with Crippen LogP contribution in [0.1, 0.15) is 33.6 Å². The Morgan fingerprint density at radius 2 is 2.05 bits per heavy atom. The molecule has 0 aromatic carbocycles. The molecule has 0 aromatic rings. The van der Waals surface area contributed by atoms with E-state index in [0.717, 1.165) is 0 Å². The number of ether oxygens (including phenoxy) is 2. The largest absolute Gasteiger partial charge is 0.467 e. The van der Waals surface area contributed by atoms with E-state index in [4.69, 9.17) is 10.3 Å². The van der Waals surface area contributed by atoms with Crippen LogP contribution in [0.4, 0.5) is 4.79 Å². The summed E-state index contributed by atoms with van der Waals surface area (Å²) in [5.74, 6) is -0.563. The second kappa shape index (κ2) is 8.20. The molecule has 0 heterocycles. The maximum Gasteiger partial charge on any atom is 0.408 e. The van der Waals surface area contributed by atoms with Gasteiger partial charge >= 0.3 is 12.1 Å². The molecule has 0 aliphatic carbocycles. The molecular weight excluding hydrogens is 252 g/mol. The summed E-state index contributed by atoms with van der Waals surface area (Å²) in [6, 6.07) is -0.811. The summed E-state index contributed by atoms with van der Waals surface area (Å²) in [4.78, 5) is 25.6. The lowest BCUT2D eigenvalue weighted by Gasteiger charge is -2.22. The number of esters is 1. The Labute approximate surface area is 112 Å². The van der Waals surface area contributed by atoms with Gasteiger partial charge in [-0.25, -0.2) is 9.59 Å². The molecule has 1 atom stereocenters. The second-order valence-corrected chi connectivity index (χ2v) is 4.82. The summed E-state index contributed by atoms with van der Waals surface area (Å²) >= 11 is 0. The van der Waals surface area contributed by atoms with Crippen molar-refractivity contribution in [2.45, 2.75) is 45.3 Å². The van der Waals surface area contributed by atoms with Gasteiger partial charge in [-0.15, -0.1) is 0 Å². The van der Waals surface area contributed by atoms with E-state index in [0.29, 0.717) is 12.8 Å². The van der Waals surface area contributed by atoms with Crippen LogP contribution >= 0.6 is 0 Å². The van der Waals surface area contributed by atoms with Crippen molar-refractivity contribution in [3.05, 3.63) is 10.4 Å². The molecule has 0 spiro atoms. The van der Waals surface area contributed by atoms with Crippen LogP contribution in [0.25, 0.3) is 10.4 Å². The van der Waals surface area contributed by atoms with Gasteiger partial charge in [-0.2, -0.15) is 0 Å². The number of alkyl carbamates (subject to hydrolysis) is 1. The molecule has 0 aliphatic heterocycles. The van der Waals surface area contributed by atoms with Gasteiger partial charge in [-0.05, 0) is 39.1 Å². The third-order valence-corrected chi connectivity index (χ3v) is 1.99. The molecule has 0 fully saturated rings. The first-order chi connectivity index (χ1) is 8.80. The van der Waals surface area contributed by atoms with Crippen molar-refractivity contribution in [1.82, 2.24) is 5.32 Å². The van der Waals surface area contributed by atoms with Crippen LogP contribution in [0.15, 0.2) is 5.11 Å². The highest BCUT2D eigenvalue weighted by Crippen LogP contribution is 2.08. The minimum atomic E-state index is -0.811. The standard InChI is InChI=1S/C11H20N4O4/c1-11(2,3)19-10(17)14-8(9(16)18-4)6-5-7-13-15-12/h8H,5-7H2,1-4H3,(H,14,17)/t8-/m0/s1. The number of rotatable bonds is 6. The molecule has 0 saturated heterocycles. The van der Waals surface area contributed by atoms with E-state index < -0.39 is 23.7 Å². The zero-order valence-corrected chi connectivity index (χ0v) is 11.7. The maximum absolute atomic E-state index is 11.6. The quantitative estimate of drug-likeness (QED) is 0.262. The molecule has 1 amide bonds. The summed E-state index contributed by atoms with van der Waals surface area (Å²) in [6.45, 7) is 5.42. The average molecular weight is 272 g/mol. The Morgan fingerprint density at radius 3 is 2.53 bits per heavy atom. The first kappa shape index (κ1) is 17.1. The predicted molar refractivity (Wildman–Crippen MR) is 68.4 cm³/mol. The topological polar surface area (TPSA) is 113 Å². The van der Waals surface area contributed by atoms with Gasteiger partial charge in [0, 0.05) is 11.5 Å². The number of methoxy groups -OCH3 is 1. The van der Waals surface area contributed by atoms with Gasteiger partial charge < -0.3 is 14.8 Å². The van der Waals surface area contributed by atoms with Crippen molar-refractivity contribution in [1.29, 1.82) is 0 Å². The Morgan fingerprint density at radius 1 is 1.42 bits per heavy atom. The van der Waals surface area contributed by atoms with E-state index in [1.165, 1.54) is 7.11 Å². The first-order valence-electron chi connectivity index (χ1n) is 5.88. The zero-order chi connectivity index (χ0) is 14.9. The average Bonchev–Trinajstić information content (AvgIpc) is 2.29. The fourth-order valence-electron chi connectivity index (χ4n) is 1.25. The maximum atomic E-state index is 11.6. The summed E-state index contributed by atoms with van der Waals surface area (Å²) in [6.07, 6.45) is 0.0802. The van der Waals surface area contributed by atoms with Crippen LogP contribution in [-0.4, -0.2) is 37.4 Å². The molecular formula is C11H20N4O4. The summed E-state index contributed by atoms with van der Waals surface area (Å²) in [5.41, 5.74) is 7.49. The molecule has 8 nitrogen and oxygen atoms in total. The fraction of sp³-hybridized carbons (Fsp3) is 0.818. The molecule has 108 valence electrons. The monoisotopic (exact) mass is 272 g/mol. The van der Waals surface area contributed by atoms with Crippen LogP contribution in [-0.2, 0) is 14.3 Å². The summed E-state index contributed by atoms with van der Waals surface area (Å²) in [7, 11) is 1.24. The molecule has 0 bridgehead atoms. The Bertz CT molecular complexity index is 358. The van der Waals surface area contributed by atoms with Crippen molar-refractivity contribution in [3.63, 3.8) is 0 Å². The number of azide groups is 1. The molecule has 0 aromatic heterocycles. The van der Waals surface area contributed by atoms with Crippen molar-refractivity contribution >= 4 is 12.1 Å². The number of amides is 1. The van der Waals surface area contributed by atoms with Gasteiger partial charge in [0.05, 0.1) is 7.11 Å². The van der Waals surface area contributed by atoms with E-state index in [2.05, 4.69) is 20.1 Å². The Hall–Kier alpha value is -1.95. The van der Waals surface area contributed by atoms with E-state index in [1.807, 2.05) is 0 Å². The van der Waals surface area contributed by atoms with Crippen LogP contribution in [0.5, 0.6) is 0 Å². The Balaban J connectivity index is 4.38. The van der Waals surface area contributed by atoms with E-state index in [-0.39, 0.29) is 6.54 Å². The van der Waals surface area contributed by atoms with Crippen molar-refractivity contribution in [2.24, 2.45) is 5.11 Å². The predicted octanol–water partition coefficient (Wildman–Crippen LogP) is 2.14. The molecule has 1 N–H and O–H groups in total.